The Morgan fingerprint density at radius 3 is 2.50 bits per heavy atom. The summed E-state index contributed by atoms with van der Waals surface area (Å²) in [4.78, 5) is 8.11. The molecule has 0 saturated carbocycles. The molecule has 0 fully saturated rings. The molecule has 0 amide bonds. The van der Waals surface area contributed by atoms with Crippen LogP contribution in [0.15, 0.2) is 17.4 Å². The van der Waals surface area contributed by atoms with Crippen LogP contribution in [0.25, 0.3) is 0 Å². The van der Waals surface area contributed by atoms with Crippen molar-refractivity contribution in [3.63, 3.8) is 0 Å². The summed E-state index contributed by atoms with van der Waals surface area (Å²) in [5, 5.41) is 9.98. The van der Waals surface area contributed by atoms with Crippen molar-refractivity contribution in [1.29, 1.82) is 5.26 Å². The van der Waals surface area contributed by atoms with Crippen LogP contribution >= 0.6 is 11.8 Å². The van der Waals surface area contributed by atoms with E-state index < -0.39 is 0 Å². The van der Waals surface area contributed by atoms with E-state index in [1.165, 1.54) is 0 Å². The molecule has 14 heavy (non-hydrogen) atoms. The molecule has 0 aliphatic carbocycles. The second kappa shape index (κ2) is 4.97. The Morgan fingerprint density at radius 2 is 1.93 bits per heavy atom. The van der Waals surface area contributed by atoms with E-state index in [1.807, 2.05) is 6.07 Å². The minimum atomic E-state index is 0.421. The molecule has 1 atom stereocenters. The predicted octanol–water partition coefficient (Wildman–Crippen LogP) is 2.48. The minimum Gasteiger partial charge on any atom is -0.245 e. The van der Waals surface area contributed by atoms with Crippen molar-refractivity contribution >= 4 is 11.8 Å². The number of nitriles is 1. The molecule has 1 aromatic rings. The van der Waals surface area contributed by atoms with Gasteiger partial charge in [-0.1, -0.05) is 20.8 Å². The van der Waals surface area contributed by atoms with Crippen LogP contribution in [0.1, 0.15) is 26.5 Å². The molecule has 0 aliphatic heterocycles. The van der Waals surface area contributed by atoms with Crippen LogP contribution < -0.4 is 0 Å². The number of rotatable bonds is 3. The molecule has 1 unspecified atom stereocenters. The molecule has 3 nitrogen and oxygen atoms in total. The minimum absolute atomic E-state index is 0.421. The smallest absolute Gasteiger partial charge is 0.172 e. The van der Waals surface area contributed by atoms with E-state index in [2.05, 4.69) is 30.7 Å². The Bertz CT molecular complexity index is 343. The molecule has 0 saturated heterocycles. The first-order valence-electron chi connectivity index (χ1n) is 4.53. The first-order valence-corrected chi connectivity index (χ1v) is 5.41. The van der Waals surface area contributed by atoms with Gasteiger partial charge in [-0.15, -0.1) is 11.8 Å². The molecule has 0 aliphatic rings. The largest absolute Gasteiger partial charge is 0.245 e. The number of nitrogens with zero attached hydrogens (tertiary/aromatic N) is 3. The van der Waals surface area contributed by atoms with Crippen LogP contribution in [-0.4, -0.2) is 15.2 Å². The van der Waals surface area contributed by atoms with Crippen LogP contribution in [-0.2, 0) is 0 Å². The zero-order valence-corrected chi connectivity index (χ0v) is 9.38. The molecular formula is C10H13N3S. The lowest BCUT2D eigenvalue weighted by Crippen LogP contribution is -2.06. The van der Waals surface area contributed by atoms with E-state index in [-0.39, 0.29) is 0 Å². The van der Waals surface area contributed by atoms with Crippen molar-refractivity contribution in [2.24, 2.45) is 5.92 Å². The third kappa shape index (κ3) is 2.71. The summed E-state index contributed by atoms with van der Waals surface area (Å²) in [6, 6.07) is 2.05. The summed E-state index contributed by atoms with van der Waals surface area (Å²) in [6.45, 7) is 6.44. The lowest BCUT2D eigenvalue weighted by atomic mass is 10.2. The molecule has 0 N–H and O–H groups in total. The molecule has 1 aromatic heterocycles. The van der Waals surface area contributed by atoms with E-state index in [9.17, 15) is 0 Å². The fraction of sp³-hybridized carbons (Fsp3) is 0.500. The highest BCUT2D eigenvalue weighted by Gasteiger charge is 2.12. The zero-order chi connectivity index (χ0) is 10.6. The van der Waals surface area contributed by atoms with Crippen molar-refractivity contribution in [2.45, 2.75) is 31.0 Å². The van der Waals surface area contributed by atoms with Crippen molar-refractivity contribution < 1.29 is 0 Å². The van der Waals surface area contributed by atoms with Crippen LogP contribution in [0, 0.1) is 17.2 Å². The highest BCUT2D eigenvalue weighted by atomic mass is 32.2. The Hall–Kier alpha value is -1.08. The maximum absolute atomic E-state index is 8.80. The zero-order valence-electron chi connectivity index (χ0n) is 8.56. The number of hydrogen-bond acceptors (Lipinski definition) is 4. The van der Waals surface area contributed by atoms with Gasteiger partial charge in [0.25, 0.3) is 0 Å². The summed E-state index contributed by atoms with van der Waals surface area (Å²) >= 11 is 1.61. The van der Waals surface area contributed by atoms with Gasteiger partial charge in [-0.3, -0.25) is 0 Å². The summed E-state index contributed by atoms with van der Waals surface area (Å²) in [5.74, 6) is 0.563. The average Bonchev–Trinajstić information content (AvgIpc) is 2.18. The SMILES string of the molecule is CC(C)C(C)Sc1nccnc1C#N. The maximum Gasteiger partial charge on any atom is 0.172 e. The molecule has 0 radical (unpaired) electrons. The van der Waals surface area contributed by atoms with E-state index in [0.717, 1.165) is 5.03 Å². The van der Waals surface area contributed by atoms with Gasteiger partial charge >= 0.3 is 0 Å². The Balaban J connectivity index is 2.82. The van der Waals surface area contributed by atoms with Crippen molar-refractivity contribution in [3.8, 4) is 6.07 Å². The lowest BCUT2D eigenvalue weighted by Gasteiger charge is -2.13. The van der Waals surface area contributed by atoms with Gasteiger partial charge in [-0.05, 0) is 5.92 Å². The fourth-order valence-corrected chi connectivity index (χ4v) is 1.76. The molecule has 1 rings (SSSR count). The second-order valence-corrected chi connectivity index (χ2v) is 4.75. The van der Waals surface area contributed by atoms with E-state index in [1.54, 1.807) is 24.2 Å². The highest BCUT2D eigenvalue weighted by Crippen LogP contribution is 2.27. The molecule has 0 spiro atoms. The number of aromatic nitrogens is 2. The van der Waals surface area contributed by atoms with Crippen molar-refractivity contribution in [2.75, 3.05) is 0 Å². The first kappa shape index (κ1) is 11.0. The number of hydrogen-bond donors (Lipinski definition) is 0. The average molecular weight is 207 g/mol. The fourth-order valence-electron chi connectivity index (χ4n) is 0.800. The first-order chi connectivity index (χ1) is 6.65. The summed E-state index contributed by atoms with van der Waals surface area (Å²) in [5.41, 5.74) is 0.421. The Morgan fingerprint density at radius 1 is 1.29 bits per heavy atom. The van der Waals surface area contributed by atoms with E-state index >= 15 is 0 Å². The van der Waals surface area contributed by atoms with Crippen molar-refractivity contribution in [1.82, 2.24) is 9.97 Å². The third-order valence-electron chi connectivity index (χ3n) is 2.01. The summed E-state index contributed by atoms with van der Waals surface area (Å²) in [7, 11) is 0. The predicted molar refractivity (Wildman–Crippen MR) is 56.9 cm³/mol. The normalized spacial score (nSPS) is 12.5. The van der Waals surface area contributed by atoms with Gasteiger partial charge in [-0.25, -0.2) is 9.97 Å². The quantitative estimate of drug-likeness (QED) is 0.714. The van der Waals surface area contributed by atoms with Crippen LogP contribution in [0.4, 0.5) is 0 Å². The van der Waals surface area contributed by atoms with E-state index in [0.29, 0.717) is 16.9 Å². The monoisotopic (exact) mass is 207 g/mol. The number of thioether (sulfide) groups is 1. The van der Waals surface area contributed by atoms with Crippen LogP contribution in [0.5, 0.6) is 0 Å². The molecule has 74 valence electrons. The molecule has 4 heteroatoms. The molecule has 1 heterocycles. The third-order valence-corrected chi connectivity index (χ3v) is 3.45. The Labute approximate surface area is 88.6 Å². The van der Waals surface area contributed by atoms with Gasteiger partial charge in [0.2, 0.25) is 0 Å². The van der Waals surface area contributed by atoms with Gasteiger partial charge in [0.05, 0.1) is 0 Å². The second-order valence-electron chi connectivity index (χ2n) is 3.39. The van der Waals surface area contributed by atoms with Gasteiger partial charge in [-0.2, -0.15) is 5.26 Å². The summed E-state index contributed by atoms with van der Waals surface area (Å²) < 4.78 is 0. The van der Waals surface area contributed by atoms with Gasteiger partial charge in [0.15, 0.2) is 5.69 Å². The standard InChI is InChI=1S/C10H13N3S/c1-7(2)8(3)14-10-9(6-11)12-4-5-13-10/h4-5,7-8H,1-3H3. The van der Waals surface area contributed by atoms with Crippen molar-refractivity contribution in [3.05, 3.63) is 18.1 Å². The molecular weight excluding hydrogens is 194 g/mol. The van der Waals surface area contributed by atoms with Crippen LogP contribution in [0.3, 0.4) is 0 Å². The lowest BCUT2D eigenvalue weighted by molar-refractivity contribution is 0.641. The topological polar surface area (TPSA) is 49.6 Å². The maximum atomic E-state index is 8.80. The highest BCUT2D eigenvalue weighted by molar-refractivity contribution is 7.99. The van der Waals surface area contributed by atoms with Gasteiger partial charge in [0.1, 0.15) is 11.1 Å². The summed E-state index contributed by atoms with van der Waals surface area (Å²) in [6.07, 6.45) is 3.17. The van der Waals surface area contributed by atoms with Gasteiger partial charge in [0, 0.05) is 17.6 Å². The van der Waals surface area contributed by atoms with E-state index in [4.69, 9.17) is 5.26 Å². The molecule has 0 aromatic carbocycles. The Kier molecular flexibility index (Phi) is 3.90. The van der Waals surface area contributed by atoms with Gasteiger partial charge < -0.3 is 0 Å². The molecule has 0 bridgehead atoms. The van der Waals surface area contributed by atoms with Crippen LogP contribution in [0.2, 0.25) is 0 Å².